The van der Waals surface area contributed by atoms with E-state index in [0.29, 0.717) is 30.4 Å². The van der Waals surface area contributed by atoms with Crippen LogP contribution < -0.4 is 15.4 Å². The molecular formula is C20H22N4O3. The summed E-state index contributed by atoms with van der Waals surface area (Å²) in [5.74, 6) is 1.67. The minimum Gasteiger partial charge on any atom is -0.494 e. The summed E-state index contributed by atoms with van der Waals surface area (Å²) in [6.45, 7) is 4.82. The number of carbonyl (C=O) groups is 1. The van der Waals surface area contributed by atoms with Gasteiger partial charge in [-0.3, -0.25) is 4.79 Å². The van der Waals surface area contributed by atoms with Gasteiger partial charge in [0.05, 0.1) is 13.2 Å². The summed E-state index contributed by atoms with van der Waals surface area (Å²) < 4.78 is 10.8. The molecule has 1 heterocycles. The normalized spacial score (nSPS) is 10.5. The van der Waals surface area contributed by atoms with Crippen LogP contribution in [0.5, 0.6) is 5.75 Å². The molecule has 0 aliphatic rings. The van der Waals surface area contributed by atoms with Gasteiger partial charge in [-0.05, 0) is 55.8 Å². The molecule has 140 valence electrons. The van der Waals surface area contributed by atoms with Crippen molar-refractivity contribution in [2.45, 2.75) is 20.4 Å². The molecule has 3 rings (SSSR count). The molecule has 0 aliphatic carbocycles. The highest BCUT2D eigenvalue weighted by atomic mass is 16.5. The van der Waals surface area contributed by atoms with Crippen LogP contribution >= 0.6 is 0 Å². The van der Waals surface area contributed by atoms with Crippen LogP contribution in [0.1, 0.15) is 28.7 Å². The van der Waals surface area contributed by atoms with Gasteiger partial charge in [0, 0.05) is 23.9 Å². The number of hydrogen-bond donors (Lipinski definition) is 2. The molecule has 0 unspecified atom stereocenters. The van der Waals surface area contributed by atoms with Crippen molar-refractivity contribution in [3.8, 4) is 17.1 Å². The van der Waals surface area contributed by atoms with E-state index in [-0.39, 0.29) is 5.91 Å². The van der Waals surface area contributed by atoms with Crippen LogP contribution in [-0.2, 0) is 6.54 Å². The number of benzene rings is 2. The van der Waals surface area contributed by atoms with Crippen molar-refractivity contribution in [3.63, 3.8) is 0 Å². The summed E-state index contributed by atoms with van der Waals surface area (Å²) in [5, 5.41) is 9.91. The van der Waals surface area contributed by atoms with Gasteiger partial charge in [0.2, 0.25) is 11.7 Å². The zero-order valence-corrected chi connectivity index (χ0v) is 15.6. The van der Waals surface area contributed by atoms with Crippen molar-refractivity contribution in [1.82, 2.24) is 15.5 Å². The predicted molar refractivity (Wildman–Crippen MR) is 103 cm³/mol. The van der Waals surface area contributed by atoms with Gasteiger partial charge in [0.1, 0.15) is 5.75 Å². The maximum absolute atomic E-state index is 11.9. The third-order valence-electron chi connectivity index (χ3n) is 4.13. The second-order valence-corrected chi connectivity index (χ2v) is 5.88. The fourth-order valence-corrected chi connectivity index (χ4v) is 2.69. The standard InChI is InChI=1S/C20H22N4O3/c1-4-26-15-10-8-14(9-11-15)19-23-18(27-24-19)12-22-17-7-5-6-16(13(17)2)20(25)21-3/h5-11,22H,4,12H2,1-3H3,(H,21,25). The third kappa shape index (κ3) is 4.25. The first-order valence-corrected chi connectivity index (χ1v) is 8.73. The number of aromatic nitrogens is 2. The molecule has 7 nitrogen and oxygen atoms in total. The molecule has 0 spiro atoms. The number of carbonyl (C=O) groups excluding carboxylic acids is 1. The summed E-state index contributed by atoms with van der Waals surface area (Å²) in [7, 11) is 1.61. The lowest BCUT2D eigenvalue weighted by molar-refractivity contribution is 0.0962. The minimum absolute atomic E-state index is 0.119. The Kier molecular flexibility index (Phi) is 5.71. The molecular weight excluding hydrogens is 344 g/mol. The highest BCUT2D eigenvalue weighted by Gasteiger charge is 2.12. The summed E-state index contributed by atoms with van der Waals surface area (Å²) in [6.07, 6.45) is 0. The highest BCUT2D eigenvalue weighted by molar-refractivity contribution is 5.96. The van der Waals surface area contributed by atoms with E-state index < -0.39 is 0 Å². The molecule has 2 aromatic carbocycles. The Morgan fingerprint density at radius 1 is 1.19 bits per heavy atom. The Bertz CT molecular complexity index is 919. The van der Waals surface area contributed by atoms with Crippen LogP contribution in [-0.4, -0.2) is 29.7 Å². The second-order valence-electron chi connectivity index (χ2n) is 5.88. The molecule has 3 aromatic rings. The van der Waals surface area contributed by atoms with E-state index in [1.807, 2.05) is 50.2 Å². The molecule has 27 heavy (non-hydrogen) atoms. The Labute approximate surface area is 157 Å². The van der Waals surface area contributed by atoms with Crippen LogP contribution in [0.3, 0.4) is 0 Å². The molecule has 0 fully saturated rings. The first-order valence-electron chi connectivity index (χ1n) is 8.73. The lowest BCUT2D eigenvalue weighted by Crippen LogP contribution is -2.19. The van der Waals surface area contributed by atoms with Gasteiger partial charge in [0.25, 0.3) is 5.91 Å². The maximum atomic E-state index is 11.9. The SMILES string of the molecule is CCOc1ccc(-c2noc(CNc3cccc(C(=O)NC)c3C)n2)cc1. The maximum Gasteiger partial charge on any atom is 0.251 e. The van der Waals surface area contributed by atoms with Crippen molar-refractivity contribution >= 4 is 11.6 Å². The molecule has 1 amide bonds. The molecule has 1 aromatic heterocycles. The summed E-state index contributed by atoms with van der Waals surface area (Å²) in [6, 6.07) is 13.1. The molecule has 0 saturated carbocycles. The smallest absolute Gasteiger partial charge is 0.251 e. The average Bonchev–Trinajstić information content (AvgIpc) is 3.16. The third-order valence-corrected chi connectivity index (χ3v) is 4.13. The molecule has 0 atom stereocenters. The summed E-state index contributed by atoms with van der Waals surface area (Å²) in [4.78, 5) is 16.3. The Morgan fingerprint density at radius 2 is 1.96 bits per heavy atom. The Morgan fingerprint density at radius 3 is 2.67 bits per heavy atom. The highest BCUT2D eigenvalue weighted by Crippen LogP contribution is 2.22. The van der Waals surface area contributed by atoms with E-state index in [2.05, 4.69) is 20.8 Å². The summed E-state index contributed by atoms with van der Waals surface area (Å²) in [5.41, 5.74) is 3.19. The lowest BCUT2D eigenvalue weighted by atomic mass is 10.1. The lowest BCUT2D eigenvalue weighted by Gasteiger charge is -2.11. The van der Waals surface area contributed by atoms with Crippen molar-refractivity contribution in [1.29, 1.82) is 0 Å². The van der Waals surface area contributed by atoms with Crippen LogP contribution in [0.2, 0.25) is 0 Å². The zero-order valence-electron chi connectivity index (χ0n) is 15.6. The Balaban J connectivity index is 1.69. The second kappa shape index (κ2) is 8.35. The van der Waals surface area contributed by atoms with Crippen molar-refractivity contribution in [2.24, 2.45) is 0 Å². The molecule has 0 saturated heterocycles. The molecule has 0 aliphatic heterocycles. The fraction of sp³-hybridized carbons (Fsp3) is 0.250. The van der Waals surface area contributed by atoms with Gasteiger partial charge in [-0.2, -0.15) is 4.98 Å². The van der Waals surface area contributed by atoms with Crippen molar-refractivity contribution in [2.75, 3.05) is 19.0 Å². The zero-order chi connectivity index (χ0) is 19.2. The quantitative estimate of drug-likeness (QED) is 0.666. The van der Waals surface area contributed by atoms with Gasteiger partial charge >= 0.3 is 0 Å². The van der Waals surface area contributed by atoms with Crippen molar-refractivity contribution in [3.05, 3.63) is 59.5 Å². The fourth-order valence-electron chi connectivity index (χ4n) is 2.69. The van der Waals surface area contributed by atoms with Crippen LogP contribution in [0, 0.1) is 6.92 Å². The van der Waals surface area contributed by atoms with Gasteiger partial charge in [-0.1, -0.05) is 11.2 Å². The number of rotatable bonds is 7. The average molecular weight is 366 g/mol. The van der Waals surface area contributed by atoms with Crippen LogP contribution in [0.25, 0.3) is 11.4 Å². The van der Waals surface area contributed by atoms with Gasteiger partial charge in [-0.25, -0.2) is 0 Å². The first-order chi connectivity index (χ1) is 13.1. The van der Waals surface area contributed by atoms with E-state index in [1.54, 1.807) is 13.1 Å². The van der Waals surface area contributed by atoms with Crippen LogP contribution in [0.15, 0.2) is 47.0 Å². The van der Waals surface area contributed by atoms with E-state index in [1.165, 1.54) is 0 Å². The van der Waals surface area contributed by atoms with Gasteiger partial charge in [-0.15, -0.1) is 0 Å². The predicted octanol–water partition coefficient (Wildman–Crippen LogP) is 3.42. The topological polar surface area (TPSA) is 89.3 Å². The number of nitrogens with one attached hydrogen (secondary N) is 2. The van der Waals surface area contributed by atoms with Crippen molar-refractivity contribution < 1.29 is 14.1 Å². The first kappa shape index (κ1) is 18.4. The molecule has 0 bridgehead atoms. The van der Waals surface area contributed by atoms with E-state index in [4.69, 9.17) is 9.26 Å². The van der Waals surface area contributed by atoms with E-state index >= 15 is 0 Å². The number of ether oxygens (including phenoxy) is 1. The largest absolute Gasteiger partial charge is 0.494 e. The van der Waals surface area contributed by atoms with E-state index in [0.717, 1.165) is 22.6 Å². The number of amides is 1. The molecule has 7 heteroatoms. The Hall–Kier alpha value is -3.35. The number of hydrogen-bond acceptors (Lipinski definition) is 6. The summed E-state index contributed by atoms with van der Waals surface area (Å²) >= 11 is 0. The van der Waals surface area contributed by atoms with Crippen LogP contribution in [0.4, 0.5) is 5.69 Å². The number of anilines is 1. The monoisotopic (exact) mass is 366 g/mol. The van der Waals surface area contributed by atoms with Gasteiger partial charge < -0.3 is 19.9 Å². The molecule has 0 radical (unpaired) electrons. The van der Waals surface area contributed by atoms with Gasteiger partial charge in [0.15, 0.2) is 0 Å². The number of nitrogens with zero attached hydrogens (tertiary/aromatic N) is 2. The molecule has 2 N–H and O–H groups in total. The minimum atomic E-state index is -0.119. The van der Waals surface area contributed by atoms with E-state index in [9.17, 15) is 4.79 Å².